The lowest BCUT2D eigenvalue weighted by molar-refractivity contribution is -0.130. The molecule has 0 spiro atoms. The minimum Gasteiger partial charge on any atom is -0.493 e. The van der Waals surface area contributed by atoms with E-state index in [9.17, 15) is 4.79 Å². The molecule has 2 N–H and O–H groups in total. The Kier molecular flexibility index (Phi) is 6.92. The van der Waals surface area contributed by atoms with Crippen LogP contribution in [0, 0.1) is 13.8 Å². The smallest absolute Gasteiger partial charge is 0.225 e. The number of halogens is 1. The van der Waals surface area contributed by atoms with Crippen molar-refractivity contribution in [3.05, 3.63) is 28.3 Å². The van der Waals surface area contributed by atoms with Gasteiger partial charge in [-0.3, -0.25) is 4.79 Å². The van der Waals surface area contributed by atoms with Crippen LogP contribution in [0.3, 0.4) is 0 Å². The third-order valence-electron chi connectivity index (χ3n) is 3.11. The number of hydrogen-bond donors (Lipinski definition) is 1. The number of ether oxygens (including phenoxy) is 1. The Morgan fingerprint density at radius 2 is 1.90 bits per heavy atom. The van der Waals surface area contributed by atoms with Crippen molar-refractivity contribution in [2.45, 2.75) is 26.7 Å². The minimum absolute atomic E-state index is 0.00974. The molecule has 0 aromatic heterocycles. The number of aryl methyl sites for hydroxylation is 2. The minimum atomic E-state index is 0.00974. The number of carbonyl (C=O) groups excluding carboxylic acids is 1. The molecule has 0 fully saturated rings. The normalized spacial score (nSPS) is 10.3. The molecule has 4 nitrogen and oxygen atoms in total. The number of nitrogens with two attached hydrogens (primary N) is 1. The van der Waals surface area contributed by atoms with E-state index in [1.807, 2.05) is 26.0 Å². The molecule has 21 heavy (non-hydrogen) atoms. The molecular formula is C15H21ClN2O2S. The fourth-order valence-electron chi connectivity index (χ4n) is 1.96. The molecule has 0 saturated heterocycles. The van der Waals surface area contributed by atoms with E-state index in [2.05, 4.69) is 0 Å². The number of amides is 1. The molecule has 0 aliphatic heterocycles. The first-order chi connectivity index (χ1) is 9.81. The van der Waals surface area contributed by atoms with Gasteiger partial charge in [0.25, 0.3) is 0 Å². The summed E-state index contributed by atoms with van der Waals surface area (Å²) in [6.45, 7) is 4.74. The zero-order valence-corrected chi connectivity index (χ0v) is 14.2. The fourth-order valence-corrected chi connectivity index (χ4v) is 2.38. The number of thiocarbonyl (C=S) groups is 1. The Hall–Kier alpha value is -1.33. The summed E-state index contributed by atoms with van der Waals surface area (Å²) in [5, 5.41) is 0.686. The predicted molar refractivity (Wildman–Crippen MR) is 90.1 cm³/mol. The Morgan fingerprint density at radius 3 is 2.43 bits per heavy atom. The lowest BCUT2D eigenvalue weighted by atomic mass is 10.1. The summed E-state index contributed by atoms with van der Waals surface area (Å²) in [5.41, 5.74) is 7.35. The average Bonchev–Trinajstić information content (AvgIpc) is 2.38. The molecule has 1 aromatic rings. The van der Waals surface area contributed by atoms with Gasteiger partial charge in [0.15, 0.2) is 0 Å². The second-order valence-corrected chi connectivity index (χ2v) is 5.96. The zero-order valence-electron chi connectivity index (χ0n) is 12.6. The van der Waals surface area contributed by atoms with Crippen LogP contribution in [0.15, 0.2) is 12.1 Å². The van der Waals surface area contributed by atoms with Crippen LogP contribution >= 0.6 is 23.8 Å². The summed E-state index contributed by atoms with van der Waals surface area (Å²) in [6, 6.07) is 3.69. The molecule has 0 unspecified atom stereocenters. The molecule has 0 saturated carbocycles. The van der Waals surface area contributed by atoms with Crippen LogP contribution in [0.2, 0.25) is 5.02 Å². The molecular weight excluding hydrogens is 308 g/mol. The highest BCUT2D eigenvalue weighted by molar-refractivity contribution is 7.80. The topological polar surface area (TPSA) is 55.6 Å². The quantitative estimate of drug-likeness (QED) is 0.782. The first kappa shape index (κ1) is 17.7. The van der Waals surface area contributed by atoms with Crippen molar-refractivity contribution in [2.24, 2.45) is 5.73 Å². The second-order valence-electron chi connectivity index (χ2n) is 5.00. The first-order valence-corrected chi connectivity index (χ1v) is 7.51. The van der Waals surface area contributed by atoms with E-state index in [0.717, 1.165) is 16.9 Å². The van der Waals surface area contributed by atoms with Crippen molar-refractivity contribution in [3.63, 3.8) is 0 Å². The van der Waals surface area contributed by atoms with Crippen LogP contribution in [-0.4, -0.2) is 36.0 Å². The molecule has 0 atom stereocenters. The van der Waals surface area contributed by atoms with Crippen molar-refractivity contribution in [1.29, 1.82) is 0 Å². The van der Waals surface area contributed by atoms with Gasteiger partial charge in [0.1, 0.15) is 5.75 Å². The zero-order chi connectivity index (χ0) is 16.0. The molecule has 0 bridgehead atoms. The molecule has 0 radical (unpaired) electrons. The van der Waals surface area contributed by atoms with Crippen LogP contribution in [0.5, 0.6) is 5.75 Å². The van der Waals surface area contributed by atoms with Crippen molar-refractivity contribution in [2.75, 3.05) is 20.2 Å². The van der Waals surface area contributed by atoms with Gasteiger partial charge in [-0.15, -0.1) is 0 Å². The van der Waals surface area contributed by atoms with Gasteiger partial charge in [-0.25, -0.2) is 0 Å². The maximum absolute atomic E-state index is 11.9. The highest BCUT2D eigenvalue weighted by atomic mass is 35.5. The van der Waals surface area contributed by atoms with E-state index < -0.39 is 0 Å². The summed E-state index contributed by atoms with van der Waals surface area (Å²) in [4.78, 5) is 13.9. The number of carbonyl (C=O) groups is 1. The van der Waals surface area contributed by atoms with Crippen LogP contribution in [0.4, 0.5) is 0 Å². The van der Waals surface area contributed by atoms with Gasteiger partial charge in [0.05, 0.1) is 18.0 Å². The summed E-state index contributed by atoms with van der Waals surface area (Å²) in [6.07, 6.45) is 0.850. The van der Waals surface area contributed by atoms with Crippen molar-refractivity contribution in [3.8, 4) is 5.75 Å². The maximum atomic E-state index is 11.9. The average molecular weight is 329 g/mol. The second kappa shape index (κ2) is 8.20. The van der Waals surface area contributed by atoms with E-state index in [1.54, 1.807) is 11.9 Å². The third-order valence-corrected chi connectivity index (χ3v) is 3.53. The van der Waals surface area contributed by atoms with Gasteiger partial charge >= 0.3 is 0 Å². The van der Waals surface area contributed by atoms with E-state index in [0.29, 0.717) is 36.0 Å². The molecule has 0 heterocycles. The van der Waals surface area contributed by atoms with E-state index in [4.69, 9.17) is 34.3 Å². The van der Waals surface area contributed by atoms with Crippen LogP contribution in [-0.2, 0) is 4.79 Å². The van der Waals surface area contributed by atoms with E-state index in [1.165, 1.54) is 0 Å². The maximum Gasteiger partial charge on any atom is 0.225 e. The van der Waals surface area contributed by atoms with Gasteiger partial charge in [-0.1, -0.05) is 23.8 Å². The van der Waals surface area contributed by atoms with Crippen molar-refractivity contribution in [1.82, 2.24) is 4.90 Å². The van der Waals surface area contributed by atoms with E-state index >= 15 is 0 Å². The van der Waals surface area contributed by atoms with Gasteiger partial charge in [-0.2, -0.15) is 0 Å². The lowest BCUT2D eigenvalue weighted by Gasteiger charge is -2.17. The van der Waals surface area contributed by atoms with Crippen molar-refractivity contribution >= 4 is 34.7 Å². The summed E-state index contributed by atoms with van der Waals surface area (Å²) < 4.78 is 5.71. The van der Waals surface area contributed by atoms with Gasteiger partial charge < -0.3 is 15.4 Å². The summed E-state index contributed by atoms with van der Waals surface area (Å²) in [5.74, 6) is 0.800. The first-order valence-electron chi connectivity index (χ1n) is 6.73. The SMILES string of the molecule is Cc1cc(Cl)cc(C)c1OCCC(=O)N(C)CCC(N)=S. The summed E-state index contributed by atoms with van der Waals surface area (Å²) >= 11 is 10.8. The Labute approximate surface area is 136 Å². The fraction of sp³-hybridized carbons (Fsp3) is 0.467. The molecule has 6 heteroatoms. The highest BCUT2D eigenvalue weighted by Gasteiger charge is 2.11. The number of nitrogens with zero attached hydrogens (tertiary/aromatic N) is 1. The molecule has 116 valence electrons. The molecule has 1 rings (SSSR count). The van der Waals surface area contributed by atoms with Crippen molar-refractivity contribution < 1.29 is 9.53 Å². The monoisotopic (exact) mass is 328 g/mol. The van der Waals surface area contributed by atoms with Gasteiger partial charge in [-0.05, 0) is 37.1 Å². The Bertz CT molecular complexity index is 511. The van der Waals surface area contributed by atoms with Crippen LogP contribution in [0.25, 0.3) is 0 Å². The number of benzene rings is 1. The summed E-state index contributed by atoms with van der Waals surface area (Å²) in [7, 11) is 1.74. The number of hydrogen-bond acceptors (Lipinski definition) is 3. The predicted octanol–water partition coefficient (Wildman–Crippen LogP) is 2.86. The van der Waals surface area contributed by atoms with Gasteiger partial charge in [0, 0.05) is 25.0 Å². The van der Waals surface area contributed by atoms with E-state index in [-0.39, 0.29) is 5.91 Å². The Morgan fingerprint density at radius 1 is 1.33 bits per heavy atom. The van der Waals surface area contributed by atoms with Crippen LogP contribution in [0.1, 0.15) is 24.0 Å². The number of rotatable bonds is 7. The van der Waals surface area contributed by atoms with Crippen LogP contribution < -0.4 is 10.5 Å². The molecule has 1 amide bonds. The standard InChI is InChI=1S/C15H21ClN2O2S/c1-10-8-12(16)9-11(2)15(10)20-7-5-14(19)18(3)6-4-13(17)21/h8-9H,4-7H2,1-3H3,(H2,17,21). The lowest BCUT2D eigenvalue weighted by Crippen LogP contribution is -2.31. The third kappa shape index (κ3) is 5.89. The Balaban J connectivity index is 2.46. The largest absolute Gasteiger partial charge is 0.493 e. The van der Waals surface area contributed by atoms with Gasteiger partial charge in [0.2, 0.25) is 5.91 Å². The molecule has 1 aromatic carbocycles. The molecule has 0 aliphatic rings. The molecule has 0 aliphatic carbocycles. The highest BCUT2D eigenvalue weighted by Crippen LogP contribution is 2.27.